The molecule has 0 bridgehead atoms. The van der Waals surface area contributed by atoms with Gasteiger partial charge < -0.3 is 19.5 Å². The van der Waals surface area contributed by atoms with Gasteiger partial charge in [-0.2, -0.15) is 0 Å². The lowest BCUT2D eigenvalue weighted by atomic mass is 9.97. The van der Waals surface area contributed by atoms with Crippen LogP contribution >= 0.6 is 11.3 Å². The van der Waals surface area contributed by atoms with Crippen LogP contribution < -0.4 is 26.0 Å². The predicted octanol–water partition coefficient (Wildman–Crippen LogP) is 3.79. The van der Waals surface area contributed by atoms with E-state index in [-0.39, 0.29) is 18.6 Å². The molecule has 2 aromatic heterocycles. The molecule has 0 radical (unpaired) electrons. The first-order valence-electron chi connectivity index (χ1n) is 13.3. The Bertz CT molecular complexity index is 1730. The van der Waals surface area contributed by atoms with Gasteiger partial charge in [-0.25, -0.2) is 9.59 Å². The second-order valence-electron chi connectivity index (χ2n) is 9.77. The molecular formula is C30H31N3O7S. The van der Waals surface area contributed by atoms with E-state index in [0.717, 1.165) is 41.7 Å². The van der Waals surface area contributed by atoms with Gasteiger partial charge in [0.25, 0.3) is 5.56 Å². The molecular weight excluding hydrogens is 546 g/mol. The van der Waals surface area contributed by atoms with E-state index in [1.54, 1.807) is 44.6 Å². The second kappa shape index (κ2) is 12.0. The summed E-state index contributed by atoms with van der Waals surface area (Å²) in [6.45, 7) is -0.117. The van der Waals surface area contributed by atoms with Crippen molar-refractivity contribution in [3.05, 3.63) is 84.9 Å². The maximum atomic E-state index is 13.8. The number of rotatable bonds is 9. The van der Waals surface area contributed by atoms with Crippen molar-refractivity contribution in [2.45, 2.75) is 45.2 Å². The number of anilines is 1. The van der Waals surface area contributed by atoms with Crippen molar-refractivity contribution in [2.24, 2.45) is 0 Å². The molecule has 2 aromatic carbocycles. The maximum Gasteiger partial charge on any atom is 0.337 e. The SMILES string of the molecule is COC(=O)c1ccc(NC(=O)Cn2c(=O)n(CCc3ccc(OC)c(OC)c3)c(=O)c3c4c(sc32)CCCC4)cc1. The lowest BCUT2D eigenvalue weighted by Gasteiger charge is -2.14. The van der Waals surface area contributed by atoms with Crippen LogP contribution in [-0.4, -0.2) is 42.3 Å². The molecule has 1 aliphatic carbocycles. The molecule has 0 aliphatic heterocycles. The molecule has 0 unspecified atom stereocenters. The monoisotopic (exact) mass is 577 g/mol. The highest BCUT2D eigenvalue weighted by Gasteiger charge is 2.24. The molecule has 0 atom stereocenters. The Kier molecular flexibility index (Phi) is 8.25. The number of esters is 1. The fourth-order valence-corrected chi connectivity index (χ4v) is 6.55. The topological polar surface area (TPSA) is 118 Å². The molecule has 41 heavy (non-hydrogen) atoms. The number of hydrogen-bond acceptors (Lipinski definition) is 8. The molecule has 1 N–H and O–H groups in total. The van der Waals surface area contributed by atoms with Gasteiger partial charge in [0.2, 0.25) is 5.91 Å². The molecule has 11 heteroatoms. The van der Waals surface area contributed by atoms with Crippen LogP contribution in [0.25, 0.3) is 10.2 Å². The van der Waals surface area contributed by atoms with Crippen molar-refractivity contribution in [2.75, 3.05) is 26.6 Å². The molecule has 4 aromatic rings. The van der Waals surface area contributed by atoms with E-state index >= 15 is 0 Å². The van der Waals surface area contributed by atoms with Crippen LogP contribution in [0.2, 0.25) is 0 Å². The number of nitrogens with one attached hydrogen (secondary N) is 1. The average molecular weight is 578 g/mol. The van der Waals surface area contributed by atoms with E-state index in [2.05, 4.69) is 5.32 Å². The van der Waals surface area contributed by atoms with Crippen LogP contribution in [0.1, 0.15) is 39.2 Å². The van der Waals surface area contributed by atoms with Crippen LogP contribution in [0.3, 0.4) is 0 Å². The highest BCUT2D eigenvalue weighted by atomic mass is 32.1. The van der Waals surface area contributed by atoms with Gasteiger partial charge in [-0.3, -0.25) is 18.7 Å². The lowest BCUT2D eigenvalue weighted by Crippen LogP contribution is -2.42. The van der Waals surface area contributed by atoms with Gasteiger partial charge in [0.1, 0.15) is 11.4 Å². The summed E-state index contributed by atoms with van der Waals surface area (Å²) in [4.78, 5) is 54.0. The number of methoxy groups -OCH3 is 3. The normalized spacial score (nSPS) is 12.6. The minimum Gasteiger partial charge on any atom is -0.493 e. The summed E-state index contributed by atoms with van der Waals surface area (Å²) in [5.74, 6) is 0.256. The third-order valence-corrected chi connectivity index (χ3v) is 8.60. The van der Waals surface area contributed by atoms with E-state index in [9.17, 15) is 19.2 Å². The van der Waals surface area contributed by atoms with Gasteiger partial charge in [0, 0.05) is 17.1 Å². The lowest BCUT2D eigenvalue weighted by molar-refractivity contribution is -0.116. The molecule has 0 saturated carbocycles. The van der Waals surface area contributed by atoms with Crippen molar-refractivity contribution in [1.29, 1.82) is 0 Å². The molecule has 1 aliphatic rings. The zero-order valence-corrected chi connectivity index (χ0v) is 24.0. The van der Waals surface area contributed by atoms with Gasteiger partial charge in [-0.15, -0.1) is 11.3 Å². The third kappa shape index (κ3) is 5.62. The second-order valence-corrected chi connectivity index (χ2v) is 10.9. The number of benzene rings is 2. The predicted molar refractivity (Wildman–Crippen MR) is 157 cm³/mol. The molecule has 0 spiro atoms. The number of carbonyl (C=O) groups is 2. The average Bonchev–Trinajstić information content (AvgIpc) is 3.39. The van der Waals surface area contributed by atoms with Crippen molar-refractivity contribution in [3.63, 3.8) is 0 Å². The summed E-state index contributed by atoms with van der Waals surface area (Å²) in [6.07, 6.45) is 4.04. The molecule has 1 amide bonds. The number of fused-ring (bicyclic) bond motifs is 3. The number of carbonyl (C=O) groups excluding carboxylic acids is 2. The molecule has 0 fully saturated rings. The zero-order chi connectivity index (χ0) is 29.1. The van der Waals surface area contributed by atoms with E-state index in [1.165, 1.54) is 27.6 Å². The Morgan fingerprint density at radius 3 is 2.37 bits per heavy atom. The number of aromatic nitrogens is 2. The first-order valence-corrected chi connectivity index (χ1v) is 14.1. The van der Waals surface area contributed by atoms with Crippen molar-refractivity contribution < 1.29 is 23.8 Å². The maximum absolute atomic E-state index is 13.8. The molecule has 2 heterocycles. The van der Waals surface area contributed by atoms with E-state index in [4.69, 9.17) is 14.2 Å². The molecule has 214 valence electrons. The highest BCUT2D eigenvalue weighted by molar-refractivity contribution is 7.18. The minimum atomic E-state index is -0.530. The number of nitrogens with zero attached hydrogens (tertiary/aromatic N) is 2. The van der Waals surface area contributed by atoms with E-state index in [1.807, 2.05) is 12.1 Å². The Morgan fingerprint density at radius 1 is 0.927 bits per heavy atom. The van der Waals surface area contributed by atoms with Gasteiger partial charge in [-0.05, 0) is 79.6 Å². The largest absolute Gasteiger partial charge is 0.493 e. The number of thiophene rings is 1. The molecule has 10 nitrogen and oxygen atoms in total. The summed E-state index contributed by atoms with van der Waals surface area (Å²) < 4.78 is 18.1. The van der Waals surface area contributed by atoms with Gasteiger partial charge >= 0.3 is 11.7 Å². The van der Waals surface area contributed by atoms with E-state index in [0.29, 0.717) is 39.4 Å². The van der Waals surface area contributed by atoms with Crippen LogP contribution in [0, 0.1) is 0 Å². The highest BCUT2D eigenvalue weighted by Crippen LogP contribution is 2.34. The van der Waals surface area contributed by atoms with Crippen LogP contribution in [0.5, 0.6) is 11.5 Å². The van der Waals surface area contributed by atoms with Crippen molar-refractivity contribution in [3.8, 4) is 11.5 Å². The van der Waals surface area contributed by atoms with Gasteiger partial charge in [0.05, 0.1) is 32.3 Å². The number of hydrogen-bond donors (Lipinski definition) is 1. The van der Waals surface area contributed by atoms with Gasteiger partial charge in [0.15, 0.2) is 11.5 Å². The fourth-order valence-electron chi connectivity index (χ4n) is 5.18. The molecule has 0 saturated heterocycles. The van der Waals surface area contributed by atoms with Crippen molar-refractivity contribution >= 4 is 39.1 Å². The minimum absolute atomic E-state index is 0.143. The summed E-state index contributed by atoms with van der Waals surface area (Å²) in [6, 6.07) is 11.8. The first-order chi connectivity index (χ1) is 19.8. The Labute approximate surface area is 240 Å². The summed E-state index contributed by atoms with van der Waals surface area (Å²) in [5.41, 5.74) is 1.85. The summed E-state index contributed by atoms with van der Waals surface area (Å²) >= 11 is 1.43. The zero-order valence-electron chi connectivity index (χ0n) is 23.2. The first kappa shape index (κ1) is 28.2. The number of aryl methyl sites for hydroxylation is 3. The van der Waals surface area contributed by atoms with Crippen LogP contribution in [0.15, 0.2) is 52.1 Å². The van der Waals surface area contributed by atoms with Crippen LogP contribution in [-0.2, 0) is 41.9 Å². The fraction of sp³-hybridized carbons (Fsp3) is 0.333. The Balaban J connectivity index is 1.48. The quantitative estimate of drug-likeness (QED) is 0.301. The Morgan fingerprint density at radius 2 is 1.66 bits per heavy atom. The molecule has 5 rings (SSSR count). The number of ether oxygens (including phenoxy) is 3. The smallest absolute Gasteiger partial charge is 0.337 e. The van der Waals surface area contributed by atoms with Crippen molar-refractivity contribution in [1.82, 2.24) is 9.13 Å². The van der Waals surface area contributed by atoms with Crippen LogP contribution in [0.4, 0.5) is 5.69 Å². The third-order valence-electron chi connectivity index (χ3n) is 7.28. The standard InChI is InChI=1S/C30H31N3O7S/c1-38-22-13-8-18(16-23(22)39-2)14-15-32-27(35)26-21-6-4-5-7-24(21)41-28(26)33(30(32)37)17-25(34)31-20-11-9-19(10-12-20)29(36)40-3/h8-13,16H,4-7,14-15,17H2,1-3H3,(H,31,34). The Hall–Kier alpha value is -4.38. The number of amides is 1. The summed E-state index contributed by atoms with van der Waals surface area (Å²) in [5, 5.41) is 3.32. The van der Waals surface area contributed by atoms with E-state index < -0.39 is 17.6 Å². The van der Waals surface area contributed by atoms with Gasteiger partial charge in [-0.1, -0.05) is 6.07 Å². The summed E-state index contributed by atoms with van der Waals surface area (Å²) in [7, 11) is 4.41.